The number of fused-ring (bicyclic) bond motifs is 1. The van der Waals surface area contributed by atoms with Gasteiger partial charge < -0.3 is 10.1 Å². The number of amides is 1. The van der Waals surface area contributed by atoms with Gasteiger partial charge in [0, 0.05) is 50.1 Å². The average molecular weight is 536 g/mol. The summed E-state index contributed by atoms with van der Waals surface area (Å²) in [4.78, 5) is 28.8. The Hall–Kier alpha value is -3.32. The smallest absolute Gasteiger partial charge is 0.417 e. The highest BCUT2D eigenvalue weighted by molar-refractivity contribution is 7.09. The third-order valence-electron chi connectivity index (χ3n) is 5.66. The molecule has 1 aliphatic rings. The monoisotopic (exact) mass is 535 g/mol. The molecule has 4 rings (SSSR count). The fraction of sp³-hybridized carbons (Fsp3) is 0.458. The quantitative estimate of drug-likeness (QED) is 0.435. The van der Waals surface area contributed by atoms with E-state index in [0.717, 1.165) is 46.7 Å². The third kappa shape index (κ3) is 6.16. The summed E-state index contributed by atoms with van der Waals surface area (Å²) in [7, 11) is 1.32. The number of hydrogen-bond donors (Lipinski definition) is 1. The normalized spacial score (nSPS) is 14.1. The van der Waals surface area contributed by atoms with Gasteiger partial charge in [0.15, 0.2) is 11.6 Å². The lowest BCUT2D eigenvalue weighted by Gasteiger charge is -2.26. The van der Waals surface area contributed by atoms with Crippen molar-refractivity contribution in [3.63, 3.8) is 0 Å². The van der Waals surface area contributed by atoms with Crippen molar-refractivity contribution in [2.45, 2.75) is 65.5 Å². The van der Waals surface area contributed by atoms with Crippen molar-refractivity contribution in [2.24, 2.45) is 0 Å². The number of aromatic nitrogens is 4. The van der Waals surface area contributed by atoms with E-state index in [2.05, 4.69) is 43.4 Å². The molecule has 3 aromatic heterocycles. The number of rotatable bonds is 5. The van der Waals surface area contributed by atoms with Crippen LogP contribution in [0.5, 0.6) is 0 Å². The molecule has 1 aliphatic heterocycles. The number of halogens is 3. The molecule has 9 nitrogen and oxygen atoms in total. The van der Waals surface area contributed by atoms with Crippen LogP contribution in [0.2, 0.25) is 0 Å². The van der Waals surface area contributed by atoms with Crippen molar-refractivity contribution in [1.82, 2.24) is 24.2 Å². The summed E-state index contributed by atoms with van der Waals surface area (Å²) in [6.45, 7) is 10.9. The van der Waals surface area contributed by atoms with E-state index in [4.69, 9.17) is 4.74 Å². The number of hydrogen-bond acceptors (Lipinski definition) is 9. The second-order valence-corrected chi connectivity index (χ2v) is 10.8. The standard InChI is InChI=1S/C24H28F3N7O2S/c1-13(2)34-11-14-7-17(28-9-15(14)12-34)19-30-21(37-32-19)31-20-18(8-16(10-29-20)24(25,26)27)33(6)22(35)36-23(3,4)5/h7-10,13H,11-12H2,1-6H3,(H,29,30,31,32). The molecule has 0 radical (unpaired) electrons. The Morgan fingerprint density at radius 3 is 2.49 bits per heavy atom. The van der Waals surface area contributed by atoms with Crippen molar-refractivity contribution >= 4 is 34.3 Å². The Balaban J connectivity index is 1.60. The molecule has 0 saturated carbocycles. The molecular weight excluding hydrogens is 507 g/mol. The fourth-order valence-corrected chi connectivity index (χ4v) is 4.24. The zero-order valence-electron chi connectivity index (χ0n) is 21.3. The Bertz CT molecular complexity index is 1300. The van der Waals surface area contributed by atoms with Crippen LogP contribution in [0.3, 0.4) is 0 Å². The van der Waals surface area contributed by atoms with E-state index in [-0.39, 0.29) is 16.6 Å². The molecule has 0 aliphatic carbocycles. The van der Waals surface area contributed by atoms with Gasteiger partial charge in [-0.05, 0) is 57.9 Å². The average Bonchev–Trinajstić information content (AvgIpc) is 3.43. The molecule has 0 bridgehead atoms. The molecule has 37 heavy (non-hydrogen) atoms. The molecule has 0 fully saturated rings. The van der Waals surface area contributed by atoms with Gasteiger partial charge in [-0.2, -0.15) is 22.5 Å². The van der Waals surface area contributed by atoms with E-state index in [1.54, 1.807) is 20.8 Å². The van der Waals surface area contributed by atoms with E-state index in [1.807, 2.05) is 12.3 Å². The highest BCUT2D eigenvalue weighted by Crippen LogP contribution is 2.36. The summed E-state index contributed by atoms with van der Waals surface area (Å²) < 4.78 is 49.8. The number of nitrogens with zero attached hydrogens (tertiary/aromatic N) is 6. The molecule has 13 heteroatoms. The first-order valence-electron chi connectivity index (χ1n) is 11.6. The number of carbonyl (C=O) groups is 1. The van der Waals surface area contributed by atoms with Crippen molar-refractivity contribution in [2.75, 3.05) is 17.3 Å². The highest BCUT2D eigenvalue weighted by atomic mass is 32.1. The van der Waals surface area contributed by atoms with Gasteiger partial charge in [0.2, 0.25) is 5.13 Å². The number of pyridine rings is 2. The summed E-state index contributed by atoms with van der Waals surface area (Å²) in [6, 6.07) is 3.21. The van der Waals surface area contributed by atoms with Gasteiger partial charge in [0.05, 0.1) is 11.3 Å². The van der Waals surface area contributed by atoms with E-state index in [1.165, 1.54) is 7.05 Å². The minimum Gasteiger partial charge on any atom is -0.443 e. The highest BCUT2D eigenvalue weighted by Gasteiger charge is 2.33. The molecule has 1 N–H and O–H groups in total. The molecule has 1 amide bonds. The molecule has 0 saturated heterocycles. The van der Waals surface area contributed by atoms with Crippen molar-refractivity contribution in [3.8, 4) is 11.5 Å². The Labute approximate surface area is 216 Å². The Kier molecular flexibility index (Phi) is 7.12. The first kappa shape index (κ1) is 26.7. The van der Waals surface area contributed by atoms with Gasteiger partial charge in [-0.15, -0.1) is 0 Å². The van der Waals surface area contributed by atoms with E-state index in [9.17, 15) is 18.0 Å². The van der Waals surface area contributed by atoms with Crippen LogP contribution in [0.4, 0.5) is 34.6 Å². The summed E-state index contributed by atoms with van der Waals surface area (Å²) in [6.07, 6.45) is -2.95. The van der Waals surface area contributed by atoms with Crippen LogP contribution in [-0.2, 0) is 24.0 Å². The zero-order valence-corrected chi connectivity index (χ0v) is 22.2. The van der Waals surface area contributed by atoms with E-state index >= 15 is 0 Å². The van der Waals surface area contributed by atoms with Crippen LogP contribution >= 0.6 is 11.5 Å². The Morgan fingerprint density at radius 1 is 1.14 bits per heavy atom. The molecule has 0 atom stereocenters. The maximum Gasteiger partial charge on any atom is 0.417 e. The number of carbonyl (C=O) groups excluding carboxylic acids is 1. The van der Waals surface area contributed by atoms with Gasteiger partial charge in [-0.25, -0.2) is 9.78 Å². The molecular formula is C24H28F3N7O2S. The maximum atomic E-state index is 13.4. The van der Waals surface area contributed by atoms with Crippen LogP contribution in [0.25, 0.3) is 11.5 Å². The minimum atomic E-state index is -4.64. The molecule has 198 valence electrons. The van der Waals surface area contributed by atoms with Crippen molar-refractivity contribution < 1.29 is 22.7 Å². The first-order valence-corrected chi connectivity index (χ1v) is 12.4. The van der Waals surface area contributed by atoms with E-state index in [0.29, 0.717) is 23.8 Å². The fourth-order valence-electron chi connectivity index (χ4n) is 3.66. The van der Waals surface area contributed by atoms with Crippen LogP contribution in [-0.4, -0.2) is 49.0 Å². The van der Waals surface area contributed by atoms with Crippen molar-refractivity contribution in [3.05, 3.63) is 41.2 Å². The predicted octanol–water partition coefficient (Wildman–Crippen LogP) is 5.85. The number of anilines is 3. The summed E-state index contributed by atoms with van der Waals surface area (Å²) in [5.74, 6) is 0.380. The second-order valence-electron chi connectivity index (χ2n) is 10.0. The maximum absolute atomic E-state index is 13.4. The summed E-state index contributed by atoms with van der Waals surface area (Å²) in [5, 5.41) is 3.18. The summed E-state index contributed by atoms with van der Waals surface area (Å²) in [5.41, 5.74) is 0.963. The lowest BCUT2D eigenvalue weighted by Crippen LogP contribution is -2.34. The molecule has 0 aromatic carbocycles. The van der Waals surface area contributed by atoms with Gasteiger partial charge in [-0.1, -0.05) is 0 Å². The van der Waals surface area contributed by atoms with Crippen molar-refractivity contribution in [1.29, 1.82) is 0 Å². The number of alkyl halides is 3. The Morgan fingerprint density at radius 2 is 1.84 bits per heavy atom. The SMILES string of the molecule is CC(C)N1Cc2cnc(-c3nsc(Nc4ncc(C(F)(F)F)cc4N(C)C(=O)OC(C)(C)C)n3)cc2C1. The second kappa shape index (κ2) is 9.86. The van der Waals surface area contributed by atoms with Gasteiger partial charge in [0.1, 0.15) is 11.3 Å². The van der Waals surface area contributed by atoms with Gasteiger partial charge in [0.25, 0.3) is 0 Å². The van der Waals surface area contributed by atoms with Gasteiger partial charge >= 0.3 is 12.3 Å². The number of nitrogens with one attached hydrogen (secondary N) is 1. The zero-order chi connectivity index (χ0) is 27.1. The molecule has 4 heterocycles. The predicted molar refractivity (Wildman–Crippen MR) is 135 cm³/mol. The lowest BCUT2D eigenvalue weighted by molar-refractivity contribution is -0.137. The molecule has 0 unspecified atom stereocenters. The molecule has 0 spiro atoms. The topological polar surface area (TPSA) is 96.4 Å². The van der Waals surface area contributed by atoms with Crippen LogP contribution < -0.4 is 10.2 Å². The van der Waals surface area contributed by atoms with Gasteiger partial charge in [-0.3, -0.25) is 14.8 Å². The number of ether oxygens (including phenoxy) is 1. The third-order valence-corrected chi connectivity index (χ3v) is 6.29. The summed E-state index contributed by atoms with van der Waals surface area (Å²) >= 11 is 1.01. The van der Waals surface area contributed by atoms with Crippen LogP contribution in [0.1, 0.15) is 51.3 Å². The lowest BCUT2D eigenvalue weighted by atomic mass is 10.1. The first-order chi connectivity index (χ1) is 17.2. The van der Waals surface area contributed by atoms with E-state index < -0.39 is 23.4 Å². The molecule has 3 aromatic rings. The largest absolute Gasteiger partial charge is 0.443 e. The minimum absolute atomic E-state index is 0.00135. The van der Waals surface area contributed by atoms with Crippen LogP contribution in [0, 0.1) is 0 Å². The van der Waals surface area contributed by atoms with Crippen LogP contribution in [0.15, 0.2) is 24.5 Å².